The molecule has 0 saturated heterocycles. The average molecular weight is 617 g/mol. The molecule has 1 aromatic carbocycles. The van der Waals surface area contributed by atoms with Gasteiger partial charge >= 0.3 is 5.97 Å². The predicted octanol–water partition coefficient (Wildman–Crippen LogP) is 10.5. The summed E-state index contributed by atoms with van der Waals surface area (Å²) < 4.78 is 11.5. The van der Waals surface area contributed by atoms with Gasteiger partial charge in [0.1, 0.15) is 6.10 Å². The number of carbonyl (C=O) groups is 1. The van der Waals surface area contributed by atoms with Crippen LogP contribution in [0.5, 0.6) is 11.5 Å². The zero-order valence-corrected chi connectivity index (χ0v) is 29.7. The molecular weight excluding hydrogens is 556 g/mol. The monoisotopic (exact) mass is 616 g/mol. The van der Waals surface area contributed by atoms with Crippen molar-refractivity contribution >= 4 is 12.0 Å². The fourth-order valence-corrected chi connectivity index (χ4v) is 12.5. The van der Waals surface area contributed by atoms with E-state index in [0.717, 1.165) is 29.7 Å². The summed E-state index contributed by atoms with van der Waals surface area (Å²) in [7, 11) is 1.53. The minimum absolute atomic E-state index is 0.0326. The molecule has 0 heterocycles. The molecule has 5 aliphatic rings. The third kappa shape index (κ3) is 4.85. The summed E-state index contributed by atoms with van der Waals surface area (Å²) in [6, 6.07) is 5.09. The number of fused-ring (bicyclic) bond motifs is 2. The highest BCUT2D eigenvalue weighted by Gasteiger charge is 2.82. The first-order valence-electron chi connectivity index (χ1n) is 18.0. The molecule has 0 unspecified atom stereocenters. The van der Waals surface area contributed by atoms with Crippen molar-refractivity contribution < 1.29 is 19.4 Å². The molecule has 0 bridgehead atoms. The van der Waals surface area contributed by atoms with Crippen molar-refractivity contribution in [3.63, 3.8) is 0 Å². The quantitative estimate of drug-likeness (QED) is 0.179. The van der Waals surface area contributed by atoms with Crippen molar-refractivity contribution in [3.8, 4) is 11.5 Å². The number of ether oxygens (including phenoxy) is 2. The van der Waals surface area contributed by atoms with Gasteiger partial charge < -0.3 is 14.6 Å². The molecule has 4 nitrogen and oxygen atoms in total. The Bertz CT molecular complexity index is 1380. The summed E-state index contributed by atoms with van der Waals surface area (Å²) in [5.74, 6) is 3.31. The second-order valence-electron chi connectivity index (χ2n) is 17.5. The molecule has 9 atom stereocenters. The minimum Gasteiger partial charge on any atom is -0.504 e. The highest BCUT2D eigenvalue weighted by atomic mass is 16.5. The maximum Gasteiger partial charge on any atom is 0.331 e. The summed E-state index contributed by atoms with van der Waals surface area (Å²) in [4.78, 5) is 13.1. The van der Waals surface area contributed by atoms with E-state index < -0.39 is 0 Å². The smallest absolute Gasteiger partial charge is 0.331 e. The van der Waals surface area contributed by atoms with Crippen LogP contribution in [0.25, 0.3) is 6.08 Å². The van der Waals surface area contributed by atoms with E-state index in [1.807, 2.05) is 0 Å². The first-order valence-corrected chi connectivity index (χ1v) is 18.0. The highest BCUT2D eigenvalue weighted by molar-refractivity contribution is 5.87. The van der Waals surface area contributed by atoms with Gasteiger partial charge in [0.15, 0.2) is 11.5 Å². The SMILES string of the molecule is COc1cc(/C=C/C(=O)O[C@H]2CC[C@]34C[C@]35CC[C@]3(C)[C@@H]([C@H](C)CCC(C)=C(C)C)CC[C@@]3(C)[C@@H]5CC[C@H]4C2(C)C)ccc1O. The number of esters is 1. The van der Waals surface area contributed by atoms with Gasteiger partial charge in [-0.25, -0.2) is 4.79 Å². The Kier molecular flexibility index (Phi) is 8.13. The minimum atomic E-state index is -0.276. The van der Waals surface area contributed by atoms with Gasteiger partial charge in [0, 0.05) is 11.5 Å². The molecule has 0 aromatic heterocycles. The molecule has 1 N–H and O–H groups in total. The van der Waals surface area contributed by atoms with Crippen molar-refractivity contribution in [1.82, 2.24) is 0 Å². The van der Waals surface area contributed by atoms with E-state index in [9.17, 15) is 9.90 Å². The molecule has 5 aliphatic carbocycles. The molecule has 248 valence electrons. The lowest BCUT2D eigenvalue weighted by Crippen LogP contribution is -2.58. The van der Waals surface area contributed by atoms with Crippen LogP contribution in [0.3, 0.4) is 0 Å². The van der Waals surface area contributed by atoms with Gasteiger partial charge in [0.25, 0.3) is 0 Å². The Morgan fingerprint density at radius 3 is 2.38 bits per heavy atom. The van der Waals surface area contributed by atoms with Crippen LogP contribution in [-0.4, -0.2) is 24.3 Å². The first-order chi connectivity index (χ1) is 21.1. The summed E-state index contributed by atoms with van der Waals surface area (Å²) in [5, 5.41) is 9.89. The largest absolute Gasteiger partial charge is 0.504 e. The van der Waals surface area contributed by atoms with Gasteiger partial charge in [0.05, 0.1) is 7.11 Å². The van der Waals surface area contributed by atoms with Crippen LogP contribution in [0, 0.1) is 50.7 Å². The second-order valence-corrected chi connectivity index (χ2v) is 17.5. The molecule has 4 heteroatoms. The van der Waals surface area contributed by atoms with Crippen LogP contribution >= 0.6 is 0 Å². The molecule has 6 rings (SSSR count). The van der Waals surface area contributed by atoms with Crippen LogP contribution in [0.4, 0.5) is 0 Å². The number of rotatable bonds is 8. The number of hydrogen-bond acceptors (Lipinski definition) is 4. The van der Waals surface area contributed by atoms with E-state index in [-0.39, 0.29) is 23.2 Å². The van der Waals surface area contributed by atoms with Crippen molar-refractivity contribution in [2.45, 2.75) is 132 Å². The molecular formula is C41H60O4. The van der Waals surface area contributed by atoms with Crippen molar-refractivity contribution in [3.05, 3.63) is 41.0 Å². The molecule has 45 heavy (non-hydrogen) atoms. The number of methoxy groups -OCH3 is 1. The predicted molar refractivity (Wildman–Crippen MR) is 183 cm³/mol. The van der Waals surface area contributed by atoms with Crippen molar-refractivity contribution in [2.24, 2.45) is 50.7 Å². The Balaban J connectivity index is 1.15. The summed E-state index contributed by atoms with van der Waals surface area (Å²) in [6.45, 7) is 19.7. The van der Waals surface area contributed by atoms with E-state index in [4.69, 9.17) is 9.47 Å². The van der Waals surface area contributed by atoms with E-state index in [0.29, 0.717) is 33.3 Å². The topological polar surface area (TPSA) is 55.8 Å². The average Bonchev–Trinajstić information content (AvgIpc) is 3.58. The Hall–Kier alpha value is -2.23. The molecule has 5 saturated carbocycles. The number of aromatic hydroxyl groups is 1. The van der Waals surface area contributed by atoms with Gasteiger partial charge in [0.2, 0.25) is 0 Å². The third-order valence-corrected chi connectivity index (χ3v) is 15.5. The van der Waals surface area contributed by atoms with Gasteiger partial charge in [-0.15, -0.1) is 0 Å². The van der Waals surface area contributed by atoms with Crippen LogP contribution in [0.15, 0.2) is 35.4 Å². The fourth-order valence-electron chi connectivity index (χ4n) is 12.5. The van der Waals surface area contributed by atoms with Crippen LogP contribution < -0.4 is 4.74 Å². The van der Waals surface area contributed by atoms with Gasteiger partial charge in [-0.3, -0.25) is 0 Å². The number of hydrogen-bond donors (Lipinski definition) is 1. The molecule has 2 spiro atoms. The first kappa shape index (κ1) is 32.7. The number of carbonyl (C=O) groups excluding carboxylic acids is 1. The highest BCUT2D eigenvalue weighted by Crippen LogP contribution is 2.89. The lowest BCUT2D eigenvalue weighted by Gasteiger charge is -2.63. The number of phenolic OH excluding ortho intramolecular Hbond substituents is 1. The number of benzene rings is 1. The number of phenols is 1. The summed E-state index contributed by atoms with van der Waals surface area (Å²) in [6.07, 6.45) is 17.7. The lowest BCUT2D eigenvalue weighted by atomic mass is 9.41. The van der Waals surface area contributed by atoms with E-state index in [1.54, 1.807) is 29.8 Å². The maximum absolute atomic E-state index is 13.1. The van der Waals surface area contributed by atoms with Crippen LogP contribution in [0.2, 0.25) is 0 Å². The normalized spacial score (nSPS) is 40.0. The summed E-state index contributed by atoms with van der Waals surface area (Å²) in [5.41, 5.74) is 5.69. The van der Waals surface area contributed by atoms with Crippen molar-refractivity contribution in [2.75, 3.05) is 7.11 Å². The molecule has 1 aromatic rings. The van der Waals surface area contributed by atoms with Gasteiger partial charge in [-0.1, -0.05) is 51.8 Å². The van der Waals surface area contributed by atoms with E-state index in [1.165, 1.54) is 83.0 Å². The van der Waals surface area contributed by atoms with E-state index in [2.05, 4.69) is 55.4 Å². The zero-order chi connectivity index (χ0) is 32.6. The standard InChI is InChI=1S/C41H60O4/c1-26(2)27(3)10-11-28(4)30-18-20-39(8)34-16-15-33-37(5,6)35(19-21-40(33)25-41(34,40)23-22-38(30,39)7)45-36(43)17-13-29-12-14-31(42)32(24-29)44-9/h12-14,17,24,28,30,33-35,42H,10-11,15-16,18-23,25H2,1-9H3/b17-13+/t28-,30-,33+,34+,35+,38-,39+,40-,41+/m1/s1. The molecule has 0 radical (unpaired) electrons. The van der Waals surface area contributed by atoms with Crippen molar-refractivity contribution in [1.29, 1.82) is 0 Å². The third-order valence-electron chi connectivity index (χ3n) is 15.5. The Labute approximate surface area is 273 Å². The molecule has 0 aliphatic heterocycles. The Morgan fingerprint density at radius 1 is 0.956 bits per heavy atom. The van der Waals surface area contributed by atoms with Gasteiger partial charge in [-0.05, 0) is 161 Å². The van der Waals surface area contributed by atoms with Crippen LogP contribution in [0.1, 0.15) is 132 Å². The lowest BCUT2D eigenvalue weighted by molar-refractivity contribution is -0.179. The van der Waals surface area contributed by atoms with Gasteiger partial charge in [-0.2, -0.15) is 0 Å². The molecule has 5 fully saturated rings. The summed E-state index contributed by atoms with van der Waals surface area (Å²) >= 11 is 0. The second kappa shape index (κ2) is 11.2. The Morgan fingerprint density at radius 2 is 1.67 bits per heavy atom. The zero-order valence-electron chi connectivity index (χ0n) is 29.7. The van der Waals surface area contributed by atoms with E-state index >= 15 is 0 Å². The van der Waals surface area contributed by atoms with Crippen LogP contribution in [-0.2, 0) is 9.53 Å². The number of allylic oxidation sites excluding steroid dienone is 2. The fraction of sp³-hybridized carbons (Fsp3) is 0.732. The molecule has 0 amide bonds. The maximum atomic E-state index is 13.1.